The summed E-state index contributed by atoms with van der Waals surface area (Å²) in [5.74, 6) is 0. The third-order valence-corrected chi connectivity index (χ3v) is 8.46. The van der Waals surface area contributed by atoms with Gasteiger partial charge in [-0.15, -0.1) is 0 Å². The molecule has 1 nitrogen and oxygen atoms in total. The van der Waals surface area contributed by atoms with Crippen LogP contribution in [0.4, 0.5) is 0 Å². The van der Waals surface area contributed by atoms with E-state index in [2.05, 4.69) is 18.2 Å². The molecule has 0 aliphatic carbocycles. The SMILES string of the molecule is O=CC1=CSS2=C1C=C(c1ccccc1)S2. The van der Waals surface area contributed by atoms with Crippen LogP contribution < -0.4 is 0 Å². The van der Waals surface area contributed by atoms with Gasteiger partial charge in [0.1, 0.15) is 0 Å². The molecule has 0 radical (unpaired) electrons. The molecule has 2 aliphatic rings. The van der Waals surface area contributed by atoms with E-state index in [0.29, 0.717) is 0 Å². The van der Waals surface area contributed by atoms with Crippen LogP contribution >= 0.6 is 30.1 Å². The molecule has 0 bridgehead atoms. The Kier molecular flexibility index (Phi) is 2.79. The van der Waals surface area contributed by atoms with Crippen LogP contribution in [-0.2, 0) is 4.79 Å². The Hall–Kier alpha value is -0.710. The number of hydrogen-bond acceptors (Lipinski definition) is 3. The summed E-state index contributed by atoms with van der Waals surface area (Å²) in [4.78, 5) is 13.3. The highest BCUT2D eigenvalue weighted by Gasteiger charge is 2.24. The summed E-state index contributed by atoms with van der Waals surface area (Å²) in [7, 11) is 3.71. The van der Waals surface area contributed by atoms with Crippen molar-refractivity contribution in [3.8, 4) is 0 Å². The molecule has 1 aromatic carbocycles. The Labute approximate surface area is 104 Å². The number of benzene rings is 1. The van der Waals surface area contributed by atoms with E-state index in [-0.39, 0.29) is 8.55 Å². The van der Waals surface area contributed by atoms with Crippen molar-refractivity contribution >= 4 is 46.2 Å². The lowest BCUT2D eigenvalue weighted by molar-refractivity contribution is -0.104. The van der Waals surface area contributed by atoms with E-state index in [9.17, 15) is 4.79 Å². The maximum Gasteiger partial charge on any atom is 0.151 e. The van der Waals surface area contributed by atoms with Crippen molar-refractivity contribution in [1.82, 2.24) is 0 Å². The van der Waals surface area contributed by atoms with Crippen LogP contribution in [0.25, 0.3) is 4.91 Å². The van der Waals surface area contributed by atoms with Gasteiger partial charge >= 0.3 is 0 Å². The highest BCUT2D eigenvalue weighted by Crippen LogP contribution is 2.60. The topological polar surface area (TPSA) is 17.1 Å². The number of allylic oxidation sites excluding steroid dienone is 2. The summed E-state index contributed by atoms with van der Waals surface area (Å²) in [6.45, 7) is 0. The maximum atomic E-state index is 10.9. The highest BCUT2D eigenvalue weighted by molar-refractivity contribution is 9.18. The first-order valence-electron chi connectivity index (χ1n) is 4.78. The van der Waals surface area contributed by atoms with Crippen molar-refractivity contribution in [2.45, 2.75) is 0 Å². The normalized spacial score (nSPS) is 22.8. The van der Waals surface area contributed by atoms with Crippen molar-refractivity contribution in [2.24, 2.45) is 0 Å². The lowest BCUT2D eigenvalue weighted by Crippen LogP contribution is -1.94. The minimum absolute atomic E-state index is 0.105. The second kappa shape index (κ2) is 4.28. The second-order valence-corrected chi connectivity index (χ2v) is 9.00. The molecule has 1 atom stereocenters. The average molecular weight is 264 g/mol. The molecule has 0 aromatic heterocycles. The second-order valence-electron chi connectivity index (χ2n) is 3.34. The summed E-state index contributed by atoms with van der Waals surface area (Å²) in [6.07, 6.45) is 3.11. The number of rotatable bonds is 2. The van der Waals surface area contributed by atoms with Gasteiger partial charge in [0.2, 0.25) is 0 Å². The molecular weight excluding hydrogens is 256 g/mol. The lowest BCUT2D eigenvalue weighted by Gasteiger charge is -2.02. The monoisotopic (exact) mass is 264 g/mol. The van der Waals surface area contributed by atoms with E-state index < -0.39 is 0 Å². The maximum absolute atomic E-state index is 10.9. The fourth-order valence-corrected chi connectivity index (χ4v) is 7.80. The molecule has 16 heavy (non-hydrogen) atoms. The molecule has 4 heteroatoms. The first-order valence-corrected chi connectivity index (χ1v) is 8.73. The first kappa shape index (κ1) is 10.4. The number of hydrogen-bond donors (Lipinski definition) is 0. The number of carbonyl (C=O) groups is 1. The van der Waals surface area contributed by atoms with Gasteiger partial charge in [0.05, 0.1) is 0 Å². The van der Waals surface area contributed by atoms with E-state index in [0.717, 1.165) is 11.9 Å². The number of aldehydes is 1. The molecule has 2 heterocycles. The quantitative estimate of drug-likeness (QED) is 0.458. The molecule has 0 spiro atoms. The molecule has 80 valence electrons. The Bertz CT molecular complexity index is 541. The fraction of sp³-hybridized carbons (Fsp3) is 0. The predicted molar refractivity (Wildman–Crippen MR) is 76.3 cm³/mol. The Morgan fingerprint density at radius 1 is 1.19 bits per heavy atom. The molecule has 0 amide bonds. The van der Waals surface area contributed by atoms with Gasteiger partial charge < -0.3 is 0 Å². The fourth-order valence-electron chi connectivity index (χ4n) is 1.54. The van der Waals surface area contributed by atoms with Crippen molar-refractivity contribution in [2.75, 3.05) is 0 Å². The molecule has 3 rings (SSSR count). The Balaban J connectivity index is 1.95. The third-order valence-electron chi connectivity index (χ3n) is 2.34. The summed E-state index contributed by atoms with van der Waals surface area (Å²) >= 11 is 0. The molecule has 0 N–H and O–H groups in total. The van der Waals surface area contributed by atoms with E-state index in [1.54, 1.807) is 10.8 Å². The average Bonchev–Trinajstić information content (AvgIpc) is 2.89. The van der Waals surface area contributed by atoms with Crippen LogP contribution in [0.5, 0.6) is 0 Å². The zero-order valence-corrected chi connectivity index (χ0v) is 10.7. The van der Waals surface area contributed by atoms with Gasteiger partial charge in [-0.25, -0.2) is 0 Å². The minimum Gasteiger partial charge on any atom is -0.298 e. The molecule has 1 aromatic rings. The van der Waals surface area contributed by atoms with Crippen LogP contribution in [0.15, 0.2) is 47.4 Å². The van der Waals surface area contributed by atoms with E-state index >= 15 is 0 Å². The minimum atomic E-state index is 0.105. The van der Waals surface area contributed by atoms with Crippen LogP contribution in [-0.4, -0.2) is 11.2 Å². The van der Waals surface area contributed by atoms with Crippen LogP contribution in [0.3, 0.4) is 0 Å². The van der Waals surface area contributed by atoms with Crippen molar-refractivity contribution in [1.29, 1.82) is 0 Å². The van der Waals surface area contributed by atoms with Crippen molar-refractivity contribution < 1.29 is 4.79 Å². The van der Waals surface area contributed by atoms with Gasteiger partial charge in [-0.2, -0.15) is 0 Å². The molecular formula is C12H8OS3. The first-order chi connectivity index (χ1) is 7.88. The van der Waals surface area contributed by atoms with E-state index in [4.69, 9.17) is 0 Å². The summed E-state index contributed by atoms with van der Waals surface area (Å²) in [6, 6.07) is 10.3. The molecule has 0 fully saturated rings. The molecule has 0 saturated carbocycles. The molecule has 1 unspecified atom stereocenters. The van der Waals surface area contributed by atoms with E-state index in [1.165, 1.54) is 15.3 Å². The van der Waals surface area contributed by atoms with Crippen LogP contribution in [0.2, 0.25) is 0 Å². The van der Waals surface area contributed by atoms with Crippen LogP contribution in [0, 0.1) is 0 Å². The highest BCUT2D eigenvalue weighted by atomic mass is 33.5. The van der Waals surface area contributed by atoms with Gasteiger partial charge in [-0.05, 0) is 17.0 Å². The Morgan fingerprint density at radius 2 is 2.00 bits per heavy atom. The smallest absolute Gasteiger partial charge is 0.151 e. The number of carbonyl (C=O) groups excluding carboxylic acids is 1. The van der Waals surface area contributed by atoms with Crippen LogP contribution in [0.1, 0.15) is 5.56 Å². The standard InChI is InChI=1S/C12H8OS3/c13-7-10-8-14-16-12(10)6-11(15-16)9-4-2-1-3-5-9/h1-8H. The molecule has 0 saturated heterocycles. The van der Waals surface area contributed by atoms with Gasteiger partial charge in [0.15, 0.2) is 6.29 Å². The zero-order valence-electron chi connectivity index (χ0n) is 8.25. The predicted octanol–water partition coefficient (Wildman–Crippen LogP) is 3.88. The molecule has 2 aliphatic heterocycles. The lowest BCUT2D eigenvalue weighted by atomic mass is 10.1. The summed E-state index contributed by atoms with van der Waals surface area (Å²) in [5.41, 5.74) is 2.10. The summed E-state index contributed by atoms with van der Waals surface area (Å²) in [5, 5.41) is 1.97. The third kappa shape index (κ3) is 1.71. The van der Waals surface area contributed by atoms with Crippen molar-refractivity contribution in [3.63, 3.8) is 0 Å². The van der Waals surface area contributed by atoms with Gasteiger partial charge in [0, 0.05) is 15.3 Å². The van der Waals surface area contributed by atoms with E-state index in [1.807, 2.05) is 34.4 Å². The summed E-state index contributed by atoms with van der Waals surface area (Å²) < 4.78 is 0. The largest absolute Gasteiger partial charge is 0.298 e. The van der Waals surface area contributed by atoms with Gasteiger partial charge in [-0.1, -0.05) is 60.5 Å². The van der Waals surface area contributed by atoms with Crippen molar-refractivity contribution in [3.05, 3.63) is 53.0 Å². The Morgan fingerprint density at radius 3 is 2.75 bits per heavy atom. The zero-order chi connectivity index (χ0) is 11.0. The van der Waals surface area contributed by atoms with Gasteiger partial charge in [-0.3, -0.25) is 4.79 Å². The van der Waals surface area contributed by atoms with Gasteiger partial charge in [0.25, 0.3) is 0 Å².